The van der Waals surface area contributed by atoms with Crippen LogP contribution in [0.25, 0.3) is 0 Å². The number of rotatable bonds is 5. The lowest BCUT2D eigenvalue weighted by Crippen LogP contribution is -2.27. The Labute approximate surface area is 163 Å². The maximum absolute atomic E-state index is 12.5. The van der Waals surface area contributed by atoms with Crippen molar-refractivity contribution in [3.8, 4) is 5.75 Å². The Kier molecular flexibility index (Phi) is 5.55. The van der Waals surface area contributed by atoms with Crippen LogP contribution in [0.15, 0.2) is 42.5 Å². The largest absolute Gasteiger partial charge is 0.491 e. The number of carbonyl (C=O) groups is 2. The van der Waals surface area contributed by atoms with Crippen molar-refractivity contribution < 1.29 is 22.7 Å². The summed E-state index contributed by atoms with van der Waals surface area (Å²) in [6, 6.07) is 11.1. The lowest BCUT2D eigenvalue weighted by atomic mass is 10.1. The predicted molar refractivity (Wildman–Crippen MR) is 107 cm³/mol. The summed E-state index contributed by atoms with van der Waals surface area (Å²) in [7, 11) is -1.87. The zero-order chi connectivity index (χ0) is 20.3. The van der Waals surface area contributed by atoms with Crippen LogP contribution in [0.3, 0.4) is 0 Å². The molecule has 0 radical (unpaired) electrons. The standard InChI is InChI=1S/C19H21N3O5S/c1-3-28(25,26)22(2)15-7-5-14(6-8-15)21-18(23)13-4-9-17-16(12-13)19(24)20-10-11-27-17/h4-9,12H,3,10-11H2,1-2H3,(H,20,24)(H,21,23). The van der Waals surface area contributed by atoms with E-state index in [2.05, 4.69) is 10.6 Å². The molecule has 0 saturated carbocycles. The summed E-state index contributed by atoms with van der Waals surface area (Å²) in [5.41, 5.74) is 1.63. The molecule has 0 spiro atoms. The predicted octanol–water partition coefficient (Wildman–Crippen LogP) is 1.85. The summed E-state index contributed by atoms with van der Waals surface area (Å²) in [6.07, 6.45) is 0. The maximum Gasteiger partial charge on any atom is 0.255 e. The van der Waals surface area contributed by atoms with E-state index in [1.54, 1.807) is 43.3 Å². The van der Waals surface area contributed by atoms with Gasteiger partial charge in [-0.15, -0.1) is 0 Å². The van der Waals surface area contributed by atoms with Gasteiger partial charge in [0.2, 0.25) is 10.0 Å². The molecule has 2 N–H and O–H groups in total. The van der Waals surface area contributed by atoms with Crippen molar-refractivity contribution in [3.05, 3.63) is 53.6 Å². The number of sulfonamides is 1. The Hall–Kier alpha value is -3.07. The first kappa shape index (κ1) is 19.7. The van der Waals surface area contributed by atoms with Gasteiger partial charge in [0.05, 0.1) is 23.5 Å². The van der Waals surface area contributed by atoms with Crippen LogP contribution < -0.4 is 19.7 Å². The summed E-state index contributed by atoms with van der Waals surface area (Å²) in [5.74, 6) is -0.234. The molecule has 0 fully saturated rings. The summed E-state index contributed by atoms with van der Waals surface area (Å²) < 4.78 is 30.5. The SMILES string of the molecule is CCS(=O)(=O)N(C)c1ccc(NC(=O)c2ccc3c(c2)C(=O)NCCO3)cc1. The summed E-state index contributed by atoms with van der Waals surface area (Å²) in [5, 5.41) is 5.44. The molecule has 148 valence electrons. The Morgan fingerprint density at radius 1 is 1.21 bits per heavy atom. The molecule has 8 nitrogen and oxygen atoms in total. The van der Waals surface area contributed by atoms with E-state index < -0.39 is 10.0 Å². The summed E-state index contributed by atoms with van der Waals surface area (Å²) in [6.45, 7) is 2.36. The fourth-order valence-corrected chi connectivity index (χ4v) is 3.54. The van der Waals surface area contributed by atoms with Gasteiger partial charge in [-0.3, -0.25) is 13.9 Å². The second-order valence-electron chi connectivity index (χ2n) is 6.18. The molecule has 1 aliphatic rings. The van der Waals surface area contributed by atoms with Crippen molar-refractivity contribution in [3.63, 3.8) is 0 Å². The van der Waals surface area contributed by atoms with Crippen LogP contribution in [0.4, 0.5) is 11.4 Å². The average molecular weight is 403 g/mol. The smallest absolute Gasteiger partial charge is 0.255 e. The van der Waals surface area contributed by atoms with Crippen molar-refractivity contribution in [2.75, 3.05) is 35.6 Å². The van der Waals surface area contributed by atoms with Crippen molar-refractivity contribution >= 4 is 33.2 Å². The fraction of sp³-hybridized carbons (Fsp3) is 0.263. The summed E-state index contributed by atoms with van der Waals surface area (Å²) in [4.78, 5) is 24.6. The van der Waals surface area contributed by atoms with Crippen LogP contribution in [-0.2, 0) is 10.0 Å². The highest BCUT2D eigenvalue weighted by Gasteiger charge is 2.19. The molecule has 3 rings (SSSR count). The molecule has 0 bridgehead atoms. The number of nitrogens with one attached hydrogen (secondary N) is 2. The van der Waals surface area contributed by atoms with E-state index in [1.165, 1.54) is 17.4 Å². The molecule has 0 atom stereocenters. The number of ether oxygens (including phenoxy) is 1. The van der Waals surface area contributed by atoms with Crippen LogP contribution in [0.5, 0.6) is 5.75 Å². The molecule has 1 heterocycles. The minimum absolute atomic E-state index is 0.00237. The Morgan fingerprint density at radius 2 is 1.93 bits per heavy atom. The summed E-state index contributed by atoms with van der Waals surface area (Å²) >= 11 is 0. The van der Waals surface area contributed by atoms with Gasteiger partial charge in [0, 0.05) is 18.3 Å². The third kappa shape index (κ3) is 4.09. The quantitative estimate of drug-likeness (QED) is 0.793. The van der Waals surface area contributed by atoms with Gasteiger partial charge in [-0.05, 0) is 49.4 Å². The van der Waals surface area contributed by atoms with Gasteiger partial charge < -0.3 is 15.4 Å². The lowest BCUT2D eigenvalue weighted by Gasteiger charge is -2.18. The monoisotopic (exact) mass is 403 g/mol. The number of nitrogens with zero attached hydrogens (tertiary/aromatic N) is 1. The number of anilines is 2. The third-order valence-corrected chi connectivity index (χ3v) is 6.18. The van der Waals surface area contributed by atoms with Gasteiger partial charge in [0.1, 0.15) is 12.4 Å². The molecule has 2 amide bonds. The van der Waals surface area contributed by atoms with Crippen LogP contribution >= 0.6 is 0 Å². The van der Waals surface area contributed by atoms with E-state index in [0.29, 0.717) is 41.4 Å². The van der Waals surface area contributed by atoms with Crippen LogP contribution in [0.1, 0.15) is 27.6 Å². The highest BCUT2D eigenvalue weighted by molar-refractivity contribution is 7.92. The molecule has 2 aromatic carbocycles. The average Bonchev–Trinajstić information content (AvgIpc) is 2.89. The third-order valence-electron chi connectivity index (χ3n) is 4.40. The normalized spacial score (nSPS) is 13.6. The van der Waals surface area contributed by atoms with Crippen molar-refractivity contribution in [1.29, 1.82) is 0 Å². The Morgan fingerprint density at radius 3 is 2.61 bits per heavy atom. The van der Waals surface area contributed by atoms with E-state index in [1.807, 2.05) is 0 Å². The molecule has 2 aromatic rings. The number of amides is 2. The molecular weight excluding hydrogens is 382 g/mol. The molecule has 1 aliphatic heterocycles. The second kappa shape index (κ2) is 7.89. The Bertz CT molecular complexity index is 1000. The minimum Gasteiger partial charge on any atom is -0.491 e. The van der Waals surface area contributed by atoms with Crippen LogP contribution in [-0.4, -0.2) is 46.2 Å². The van der Waals surface area contributed by atoms with Gasteiger partial charge in [-0.25, -0.2) is 8.42 Å². The van der Waals surface area contributed by atoms with Gasteiger partial charge >= 0.3 is 0 Å². The maximum atomic E-state index is 12.5. The first-order valence-corrected chi connectivity index (χ1v) is 10.4. The lowest BCUT2D eigenvalue weighted by molar-refractivity contribution is 0.0957. The fourth-order valence-electron chi connectivity index (χ4n) is 2.71. The molecule has 0 aromatic heterocycles. The van der Waals surface area contributed by atoms with Crippen molar-refractivity contribution in [2.24, 2.45) is 0 Å². The minimum atomic E-state index is -3.35. The highest BCUT2D eigenvalue weighted by Crippen LogP contribution is 2.23. The van der Waals surface area contributed by atoms with Gasteiger partial charge in [-0.1, -0.05) is 0 Å². The number of carbonyl (C=O) groups excluding carboxylic acids is 2. The first-order chi connectivity index (χ1) is 13.3. The molecule has 0 aliphatic carbocycles. The van der Waals surface area contributed by atoms with Crippen LogP contribution in [0.2, 0.25) is 0 Å². The van der Waals surface area contributed by atoms with Crippen molar-refractivity contribution in [2.45, 2.75) is 6.92 Å². The van der Waals surface area contributed by atoms with E-state index in [4.69, 9.17) is 4.74 Å². The van der Waals surface area contributed by atoms with E-state index >= 15 is 0 Å². The molecule has 0 unspecified atom stereocenters. The topological polar surface area (TPSA) is 105 Å². The van der Waals surface area contributed by atoms with Gasteiger partial charge in [-0.2, -0.15) is 0 Å². The number of benzene rings is 2. The number of hydrogen-bond acceptors (Lipinski definition) is 5. The number of hydrogen-bond donors (Lipinski definition) is 2. The van der Waals surface area contributed by atoms with Gasteiger partial charge in [0.15, 0.2) is 0 Å². The Balaban J connectivity index is 1.76. The van der Waals surface area contributed by atoms with E-state index in [-0.39, 0.29) is 17.6 Å². The highest BCUT2D eigenvalue weighted by atomic mass is 32.2. The molecule has 0 saturated heterocycles. The van der Waals surface area contributed by atoms with Crippen LogP contribution in [0, 0.1) is 0 Å². The number of fused-ring (bicyclic) bond motifs is 1. The molecular formula is C19H21N3O5S. The second-order valence-corrected chi connectivity index (χ2v) is 8.47. The van der Waals surface area contributed by atoms with E-state index in [0.717, 1.165) is 0 Å². The zero-order valence-corrected chi connectivity index (χ0v) is 16.4. The molecule has 28 heavy (non-hydrogen) atoms. The zero-order valence-electron chi connectivity index (χ0n) is 15.6. The van der Waals surface area contributed by atoms with E-state index in [9.17, 15) is 18.0 Å². The van der Waals surface area contributed by atoms with Gasteiger partial charge in [0.25, 0.3) is 11.8 Å². The van der Waals surface area contributed by atoms with Crippen molar-refractivity contribution in [1.82, 2.24) is 5.32 Å². The first-order valence-electron chi connectivity index (χ1n) is 8.75. The molecule has 9 heteroatoms.